The highest BCUT2D eigenvalue weighted by molar-refractivity contribution is 5.89. The lowest BCUT2D eigenvalue weighted by Gasteiger charge is -2.16. The summed E-state index contributed by atoms with van der Waals surface area (Å²) in [6.07, 6.45) is 0.806. The Hall–Kier alpha value is -1.98. The predicted octanol–water partition coefficient (Wildman–Crippen LogP) is 3.40. The van der Waals surface area contributed by atoms with Crippen LogP contribution in [0.3, 0.4) is 0 Å². The van der Waals surface area contributed by atoms with Gasteiger partial charge >= 0.3 is 5.97 Å². The van der Waals surface area contributed by atoms with E-state index in [4.69, 9.17) is 14.2 Å². The molecule has 2 rings (SSSR count). The van der Waals surface area contributed by atoms with Gasteiger partial charge in [0.05, 0.1) is 12.2 Å². The van der Waals surface area contributed by atoms with Crippen LogP contribution >= 0.6 is 0 Å². The number of benzene rings is 1. The van der Waals surface area contributed by atoms with Gasteiger partial charge in [0.1, 0.15) is 11.9 Å². The van der Waals surface area contributed by atoms with Crippen LogP contribution in [0.1, 0.15) is 24.2 Å². The van der Waals surface area contributed by atoms with E-state index >= 15 is 0 Å². The van der Waals surface area contributed by atoms with E-state index < -0.39 is 29.8 Å². The van der Waals surface area contributed by atoms with Crippen LogP contribution in [0.25, 0.3) is 0 Å². The lowest BCUT2D eigenvalue weighted by molar-refractivity contribution is -0.133. The Balaban J connectivity index is 2.02. The summed E-state index contributed by atoms with van der Waals surface area (Å²) in [6.45, 7) is 7.25. The molecular weight excluding hydrogens is 287 g/mol. The van der Waals surface area contributed by atoms with Crippen molar-refractivity contribution in [2.75, 3.05) is 6.61 Å². The molecule has 0 spiro atoms. The van der Waals surface area contributed by atoms with Crippen molar-refractivity contribution >= 4 is 5.97 Å². The monoisotopic (exact) mass is 306 g/mol. The Morgan fingerprint density at radius 1 is 1.45 bits per heavy atom. The zero-order chi connectivity index (χ0) is 16.2. The van der Waals surface area contributed by atoms with Crippen LogP contribution in [0.5, 0.6) is 0 Å². The maximum atomic E-state index is 14.2. The lowest BCUT2D eigenvalue weighted by Crippen LogP contribution is -2.22. The third kappa shape index (κ3) is 4.26. The highest BCUT2D eigenvalue weighted by Gasteiger charge is 2.32. The topological polar surface area (TPSA) is 44.8 Å². The molecule has 4 nitrogen and oxygen atoms in total. The highest BCUT2D eigenvalue weighted by Crippen LogP contribution is 2.25. The second-order valence-electron chi connectivity index (χ2n) is 5.35. The Labute approximate surface area is 129 Å². The standard InChI is InChI=1S/C17H19FO4/c1-4-15(21-16(19)12-8-6-5-7-9-12)14(18)10-13-11-20-17(2,3)22-13/h4-10,13,15H,1,11H2,2-3H3/b14-10+/t13-,15-/m0/s1. The third-order valence-electron chi connectivity index (χ3n) is 3.10. The van der Waals surface area contributed by atoms with Gasteiger partial charge < -0.3 is 14.2 Å². The number of ether oxygens (including phenoxy) is 3. The maximum Gasteiger partial charge on any atom is 0.339 e. The van der Waals surface area contributed by atoms with Crippen LogP contribution in [0.15, 0.2) is 54.9 Å². The average Bonchev–Trinajstić information content (AvgIpc) is 2.84. The average molecular weight is 306 g/mol. The number of rotatable bonds is 5. The largest absolute Gasteiger partial charge is 0.447 e. The molecule has 1 aliphatic heterocycles. The molecule has 0 N–H and O–H groups in total. The third-order valence-corrected chi connectivity index (χ3v) is 3.10. The van der Waals surface area contributed by atoms with Crippen molar-refractivity contribution in [3.05, 3.63) is 60.5 Å². The second-order valence-corrected chi connectivity index (χ2v) is 5.35. The summed E-state index contributed by atoms with van der Waals surface area (Å²) in [4.78, 5) is 11.9. The first-order valence-corrected chi connectivity index (χ1v) is 6.99. The quantitative estimate of drug-likeness (QED) is 0.618. The van der Waals surface area contributed by atoms with Crippen molar-refractivity contribution in [3.8, 4) is 0 Å². The molecular formula is C17H19FO4. The molecule has 22 heavy (non-hydrogen) atoms. The summed E-state index contributed by atoms with van der Waals surface area (Å²) in [5.74, 6) is -1.99. The van der Waals surface area contributed by atoms with Crippen LogP contribution in [0.2, 0.25) is 0 Å². The van der Waals surface area contributed by atoms with Gasteiger partial charge in [-0.2, -0.15) is 0 Å². The normalized spacial score (nSPS) is 22.1. The van der Waals surface area contributed by atoms with E-state index in [9.17, 15) is 9.18 Å². The fraction of sp³-hybridized carbons (Fsp3) is 0.353. The van der Waals surface area contributed by atoms with Crippen molar-refractivity contribution in [2.45, 2.75) is 31.8 Å². The first-order valence-electron chi connectivity index (χ1n) is 6.99. The van der Waals surface area contributed by atoms with Crippen LogP contribution in [-0.2, 0) is 14.2 Å². The molecule has 5 heteroatoms. The summed E-state index contributed by atoms with van der Waals surface area (Å²) < 4.78 is 30.2. The molecule has 1 heterocycles. The van der Waals surface area contributed by atoms with E-state index in [-0.39, 0.29) is 6.61 Å². The van der Waals surface area contributed by atoms with Gasteiger partial charge in [-0.25, -0.2) is 9.18 Å². The summed E-state index contributed by atoms with van der Waals surface area (Å²) in [6, 6.07) is 8.39. The van der Waals surface area contributed by atoms with Gasteiger partial charge in [-0.3, -0.25) is 0 Å². The second kappa shape index (κ2) is 6.85. The molecule has 0 bridgehead atoms. The molecule has 0 radical (unpaired) electrons. The number of carbonyl (C=O) groups is 1. The summed E-state index contributed by atoms with van der Waals surface area (Å²) in [5.41, 5.74) is 0.351. The van der Waals surface area contributed by atoms with Crippen LogP contribution in [-0.4, -0.2) is 30.6 Å². The Morgan fingerprint density at radius 3 is 2.68 bits per heavy atom. The van der Waals surface area contributed by atoms with Crippen LogP contribution in [0.4, 0.5) is 4.39 Å². The molecule has 2 atom stereocenters. The van der Waals surface area contributed by atoms with E-state index in [1.165, 1.54) is 12.2 Å². The summed E-state index contributed by atoms with van der Waals surface area (Å²) in [7, 11) is 0. The van der Waals surface area contributed by atoms with E-state index in [1.54, 1.807) is 44.2 Å². The Kier molecular flexibility index (Phi) is 5.11. The maximum absolute atomic E-state index is 14.2. The number of halogens is 1. The molecule has 1 aromatic rings. The number of esters is 1. The van der Waals surface area contributed by atoms with E-state index in [0.717, 1.165) is 0 Å². The van der Waals surface area contributed by atoms with Crippen LogP contribution in [0, 0.1) is 0 Å². The van der Waals surface area contributed by atoms with Gasteiger partial charge in [-0.15, -0.1) is 0 Å². The number of hydrogen-bond acceptors (Lipinski definition) is 4. The zero-order valence-corrected chi connectivity index (χ0v) is 12.6. The molecule has 1 saturated heterocycles. The molecule has 0 aromatic heterocycles. The molecule has 0 saturated carbocycles. The van der Waals surface area contributed by atoms with Crippen molar-refractivity contribution in [1.29, 1.82) is 0 Å². The number of carbonyl (C=O) groups excluding carboxylic acids is 1. The zero-order valence-electron chi connectivity index (χ0n) is 12.6. The van der Waals surface area contributed by atoms with Crippen molar-refractivity contribution in [2.24, 2.45) is 0 Å². The SMILES string of the molecule is C=C[C@H](OC(=O)c1ccccc1)/C(F)=C\[C@H]1COC(C)(C)O1. The van der Waals surface area contributed by atoms with Crippen molar-refractivity contribution in [3.63, 3.8) is 0 Å². The molecule has 1 aromatic carbocycles. The van der Waals surface area contributed by atoms with Gasteiger partial charge in [0.25, 0.3) is 0 Å². The molecule has 0 aliphatic carbocycles. The minimum atomic E-state index is -1.15. The Morgan fingerprint density at radius 2 is 2.14 bits per heavy atom. The van der Waals surface area contributed by atoms with Gasteiger partial charge in [0.2, 0.25) is 0 Å². The molecule has 0 amide bonds. The highest BCUT2D eigenvalue weighted by atomic mass is 19.1. The van der Waals surface area contributed by atoms with Crippen LogP contribution < -0.4 is 0 Å². The summed E-state index contributed by atoms with van der Waals surface area (Å²) in [5, 5.41) is 0. The first-order chi connectivity index (χ1) is 10.4. The molecule has 118 valence electrons. The Bertz CT molecular complexity index is 565. The first kappa shape index (κ1) is 16.4. The molecule has 0 unspecified atom stereocenters. The smallest absolute Gasteiger partial charge is 0.339 e. The van der Waals surface area contributed by atoms with Crippen molar-refractivity contribution in [1.82, 2.24) is 0 Å². The lowest BCUT2D eigenvalue weighted by atomic mass is 10.2. The van der Waals surface area contributed by atoms with E-state index in [0.29, 0.717) is 5.56 Å². The molecule has 1 aliphatic rings. The fourth-order valence-electron chi connectivity index (χ4n) is 2.04. The van der Waals surface area contributed by atoms with E-state index in [1.807, 2.05) is 0 Å². The van der Waals surface area contributed by atoms with Gasteiger partial charge in [0, 0.05) is 0 Å². The number of hydrogen-bond donors (Lipinski definition) is 0. The molecule has 1 fully saturated rings. The van der Waals surface area contributed by atoms with Crippen molar-refractivity contribution < 1.29 is 23.4 Å². The fourth-order valence-corrected chi connectivity index (χ4v) is 2.04. The van der Waals surface area contributed by atoms with Gasteiger partial charge in [-0.1, -0.05) is 24.8 Å². The predicted molar refractivity (Wildman–Crippen MR) is 79.9 cm³/mol. The van der Waals surface area contributed by atoms with E-state index in [2.05, 4.69) is 6.58 Å². The minimum Gasteiger partial charge on any atom is -0.447 e. The van der Waals surface area contributed by atoms with Gasteiger partial charge in [-0.05, 0) is 38.1 Å². The summed E-state index contributed by atoms with van der Waals surface area (Å²) >= 11 is 0. The minimum absolute atomic E-state index is 0.247. The van der Waals surface area contributed by atoms with Gasteiger partial charge in [0.15, 0.2) is 11.9 Å².